The molecule has 1 atom stereocenters. The van der Waals surface area contributed by atoms with Crippen LogP contribution in [0.2, 0.25) is 0 Å². The van der Waals surface area contributed by atoms with Gasteiger partial charge in [0.15, 0.2) is 0 Å². The van der Waals surface area contributed by atoms with Gasteiger partial charge in [0, 0.05) is 11.9 Å². The lowest BCUT2D eigenvalue weighted by Crippen LogP contribution is -2.49. The fraction of sp³-hybridized carbons (Fsp3) is 0.316. The lowest BCUT2D eigenvalue weighted by Gasteiger charge is -2.24. The smallest absolute Gasteiger partial charge is 0.405 e. The fourth-order valence-electron chi connectivity index (χ4n) is 2.24. The van der Waals surface area contributed by atoms with Crippen molar-refractivity contribution in [3.05, 3.63) is 54.4 Å². The third-order valence-electron chi connectivity index (χ3n) is 3.54. The number of carbonyl (C=O) groups excluding carboxylic acids is 2. The second kappa shape index (κ2) is 9.05. The normalized spacial score (nSPS) is 12.1. The Morgan fingerprint density at radius 1 is 1.11 bits per heavy atom. The SMILES string of the molecule is CC(C)(C)OCC(NC(=O)O)C(=O)Nn1cccc1C(=O)Nc1ccccc1. The van der Waals surface area contributed by atoms with E-state index in [2.05, 4.69) is 16.1 Å². The molecular formula is C19H24N4O5. The molecule has 0 saturated carbocycles. The van der Waals surface area contributed by atoms with Gasteiger partial charge in [0.1, 0.15) is 11.7 Å². The highest BCUT2D eigenvalue weighted by Gasteiger charge is 2.25. The van der Waals surface area contributed by atoms with Crippen LogP contribution in [0.25, 0.3) is 0 Å². The number of benzene rings is 1. The van der Waals surface area contributed by atoms with Gasteiger partial charge in [-0.25, -0.2) is 4.79 Å². The summed E-state index contributed by atoms with van der Waals surface area (Å²) in [5.41, 5.74) is 2.75. The minimum Gasteiger partial charge on any atom is -0.465 e. The Labute approximate surface area is 162 Å². The number of carbonyl (C=O) groups is 3. The number of amides is 3. The maximum atomic E-state index is 12.5. The van der Waals surface area contributed by atoms with Gasteiger partial charge in [-0.05, 0) is 45.0 Å². The van der Waals surface area contributed by atoms with Gasteiger partial charge in [-0.15, -0.1) is 0 Å². The Morgan fingerprint density at radius 2 is 1.79 bits per heavy atom. The summed E-state index contributed by atoms with van der Waals surface area (Å²) < 4.78 is 6.74. The standard InChI is InChI=1S/C19H24N4O5/c1-19(2,3)28-12-14(21-18(26)27)16(24)22-23-11-7-10-15(23)17(25)20-13-8-5-4-6-9-13/h4-11,14,21H,12H2,1-3H3,(H,20,25)(H,22,24)(H,26,27). The molecule has 0 bridgehead atoms. The zero-order chi connectivity index (χ0) is 20.7. The molecule has 9 heteroatoms. The highest BCUT2D eigenvalue weighted by atomic mass is 16.5. The number of hydrogen-bond acceptors (Lipinski definition) is 4. The first-order valence-electron chi connectivity index (χ1n) is 8.64. The van der Waals surface area contributed by atoms with E-state index in [0.29, 0.717) is 5.69 Å². The highest BCUT2D eigenvalue weighted by Crippen LogP contribution is 2.10. The van der Waals surface area contributed by atoms with Crippen LogP contribution in [0.15, 0.2) is 48.7 Å². The van der Waals surface area contributed by atoms with E-state index in [0.717, 1.165) is 0 Å². The maximum absolute atomic E-state index is 12.5. The Balaban J connectivity index is 2.08. The van der Waals surface area contributed by atoms with Gasteiger partial charge in [0.2, 0.25) is 0 Å². The molecule has 0 fully saturated rings. The first-order valence-corrected chi connectivity index (χ1v) is 8.64. The van der Waals surface area contributed by atoms with Crippen LogP contribution in [0.4, 0.5) is 10.5 Å². The number of nitrogens with zero attached hydrogens (tertiary/aromatic N) is 1. The zero-order valence-electron chi connectivity index (χ0n) is 15.9. The first kappa shape index (κ1) is 21.0. The quantitative estimate of drug-likeness (QED) is 0.580. The Kier molecular flexibility index (Phi) is 6.78. The van der Waals surface area contributed by atoms with Gasteiger partial charge in [-0.2, -0.15) is 0 Å². The number of nitrogens with one attached hydrogen (secondary N) is 3. The molecule has 0 aliphatic heterocycles. The summed E-state index contributed by atoms with van der Waals surface area (Å²) in [4.78, 5) is 36.0. The van der Waals surface area contributed by atoms with Crippen LogP contribution in [0.1, 0.15) is 31.3 Å². The Bertz CT molecular complexity index is 826. The molecule has 28 heavy (non-hydrogen) atoms. The molecule has 0 saturated heterocycles. The van der Waals surface area contributed by atoms with Crippen LogP contribution < -0.4 is 16.1 Å². The third-order valence-corrected chi connectivity index (χ3v) is 3.54. The molecule has 1 aromatic heterocycles. The molecule has 150 valence electrons. The van der Waals surface area contributed by atoms with Crippen molar-refractivity contribution in [2.24, 2.45) is 0 Å². The number of ether oxygens (including phenoxy) is 1. The predicted molar refractivity (Wildman–Crippen MR) is 104 cm³/mol. The molecule has 2 rings (SSSR count). The summed E-state index contributed by atoms with van der Waals surface area (Å²) in [7, 11) is 0. The summed E-state index contributed by atoms with van der Waals surface area (Å²) in [5.74, 6) is -1.08. The maximum Gasteiger partial charge on any atom is 0.405 e. The average Bonchev–Trinajstić information content (AvgIpc) is 3.06. The van der Waals surface area contributed by atoms with E-state index in [1.165, 1.54) is 16.9 Å². The van der Waals surface area contributed by atoms with Crippen LogP contribution >= 0.6 is 0 Å². The molecule has 0 spiro atoms. The van der Waals surface area contributed by atoms with Crippen molar-refractivity contribution in [2.45, 2.75) is 32.4 Å². The van der Waals surface area contributed by atoms with Crippen molar-refractivity contribution in [3.8, 4) is 0 Å². The van der Waals surface area contributed by atoms with Gasteiger partial charge in [0.25, 0.3) is 11.8 Å². The summed E-state index contributed by atoms with van der Waals surface area (Å²) in [6.45, 7) is 5.22. The largest absolute Gasteiger partial charge is 0.465 e. The lowest BCUT2D eigenvalue weighted by atomic mass is 10.2. The lowest BCUT2D eigenvalue weighted by molar-refractivity contribution is -0.122. The van der Waals surface area contributed by atoms with E-state index in [9.17, 15) is 14.4 Å². The Morgan fingerprint density at radius 3 is 2.39 bits per heavy atom. The molecule has 0 radical (unpaired) electrons. The van der Waals surface area contributed by atoms with Gasteiger partial charge in [0.05, 0.1) is 12.2 Å². The molecule has 1 unspecified atom stereocenters. The monoisotopic (exact) mass is 388 g/mol. The molecule has 0 aliphatic carbocycles. The van der Waals surface area contributed by atoms with Crippen LogP contribution in [0, 0.1) is 0 Å². The molecule has 4 N–H and O–H groups in total. The number of rotatable bonds is 7. The van der Waals surface area contributed by atoms with Crippen molar-refractivity contribution in [2.75, 3.05) is 17.3 Å². The summed E-state index contributed by atoms with van der Waals surface area (Å²) in [6, 6.07) is 10.8. The zero-order valence-corrected chi connectivity index (χ0v) is 15.9. The van der Waals surface area contributed by atoms with Crippen molar-refractivity contribution in [1.29, 1.82) is 0 Å². The van der Waals surface area contributed by atoms with Crippen LogP contribution in [0.5, 0.6) is 0 Å². The average molecular weight is 388 g/mol. The molecule has 2 aromatic rings. The molecule has 1 aromatic carbocycles. The number of anilines is 1. The highest BCUT2D eigenvalue weighted by molar-refractivity contribution is 6.04. The number of carboxylic acid groups (broad SMARTS) is 1. The molecule has 0 aliphatic rings. The van der Waals surface area contributed by atoms with Crippen molar-refractivity contribution in [3.63, 3.8) is 0 Å². The third kappa shape index (κ3) is 6.44. The Hall–Kier alpha value is -3.33. The fourth-order valence-corrected chi connectivity index (χ4v) is 2.24. The van der Waals surface area contributed by atoms with Crippen molar-refractivity contribution >= 4 is 23.6 Å². The van der Waals surface area contributed by atoms with E-state index < -0.39 is 29.6 Å². The second-order valence-corrected chi connectivity index (χ2v) is 6.99. The van der Waals surface area contributed by atoms with Crippen molar-refractivity contribution < 1.29 is 24.2 Å². The molecule has 9 nitrogen and oxygen atoms in total. The first-order chi connectivity index (χ1) is 13.2. The van der Waals surface area contributed by atoms with E-state index in [-0.39, 0.29) is 12.3 Å². The van der Waals surface area contributed by atoms with Gasteiger partial charge >= 0.3 is 6.09 Å². The predicted octanol–water partition coefficient (Wildman–Crippen LogP) is 2.26. The van der Waals surface area contributed by atoms with Crippen LogP contribution in [0.3, 0.4) is 0 Å². The second-order valence-electron chi connectivity index (χ2n) is 6.99. The van der Waals surface area contributed by atoms with E-state index in [4.69, 9.17) is 9.84 Å². The summed E-state index contributed by atoms with van der Waals surface area (Å²) in [6.07, 6.45) is 0.132. The van der Waals surface area contributed by atoms with E-state index >= 15 is 0 Å². The van der Waals surface area contributed by atoms with Gasteiger partial charge in [-0.1, -0.05) is 18.2 Å². The van der Waals surface area contributed by atoms with Crippen molar-refractivity contribution in [1.82, 2.24) is 9.99 Å². The number of aromatic nitrogens is 1. The van der Waals surface area contributed by atoms with E-state index in [1.807, 2.05) is 6.07 Å². The number of hydrogen-bond donors (Lipinski definition) is 4. The molecular weight excluding hydrogens is 364 g/mol. The van der Waals surface area contributed by atoms with Gasteiger partial charge in [-0.3, -0.25) is 19.7 Å². The molecule has 3 amide bonds. The summed E-state index contributed by atoms with van der Waals surface area (Å²) in [5, 5.41) is 13.8. The van der Waals surface area contributed by atoms with Gasteiger partial charge < -0.3 is 20.5 Å². The van der Waals surface area contributed by atoms with Crippen LogP contribution in [-0.2, 0) is 9.53 Å². The number of para-hydroxylation sites is 1. The minimum absolute atomic E-state index is 0.158. The van der Waals surface area contributed by atoms with E-state index in [1.54, 1.807) is 51.1 Å². The topological polar surface area (TPSA) is 122 Å². The molecule has 1 heterocycles. The van der Waals surface area contributed by atoms with Crippen LogP contribution in [-0.4, -0.2) is 45.9 Å². The minimum atomic E-state index is -1.35. The summed E-state index contributed by atoms with van der Waals surface area (Å²) >= 11 is 0.